The van der Waals surface area contributed by atoms with Crippen LogP contribution in [-0.4, -0.2) is 40.8 Å². The minimum atomic E-state index is -0.775. The van der Waals surface area contributed by atoms with Crippen LogP contribution in [-0.2, 0) is 11.2 Å². The highest BCUT2D eigenvalue weighted by molar-refractivity contribution is 8.01. The highest BCUT2D eigenvalue weighted by atomic mass is 32.2. The topological polar surface area (TPSA) is 156 Å². The van der Waals surface area contributed by atoms with Crippen LogP contribution in [0.5, 0.6) is 0 Å². The van der Waals surface area contributed by atoms with Crippen LogP contribution < -0.4 is 0 Å². The number of rotatable bonds is 8. The summed E-state index contributed by atoms with van der Waals surface area (Å²) in [6.07, 6.45) is 0.572. The minimum Gasteiger partial charge on any atom is -0.416 e. The van der Waals surface area contributed by atoms with Gasteiger partial charge in [-0.25, -0.2) is 0 Å². The molecular weight excluding hydrogens is 857 g/mol. The van der Waals surface area contributed by atoms with Gasteiger partial charge in [-0.2, -0.15) is 0 Å². The Morgan fingerprint density at radius 3 is 1.15 bits per heavy atom. The molecule has 0 unspecified atom stereocenters. The number of nitrogens with zero attached hydrogens (tertiary/aromatic N) is 8. The molecule has 1 aliphatic heterocycles. The molecule has 0 bridgehead atoms. The van der Waals surface area contributed by atoms with Gasteiger partial charge in [-0.15, -0.1) is 52.6 Å². The fourth-order valence-electron chi connectivity index (χ4n) is 9.67. The third kappa shape index (κ3) is 5.94. The minimum absolute atomic E-state index is 0.408. The highest BCUT2D eigenvalue weighted by Crippen LogP contribution is 2.66. The lowest BCUT2D eigenvalue weighted by Gasteiger charge is -2.29. The van der Waals surface area contributed by atoms with Gasteiger partial charge in [0.2, 0.25) is 47.1 Å². The van der Waals surface area contributed by atoms with Crippen molar-refractivity contribution in [3.63, 3.8) is 0 Å². The Balaban J connectivity index is 0.997. The van der Waals surface area contributed by atoms with E-state index in [1.807, 2.05) is 121 Å². The second kappa shape index (κ2) is 14.6. The second-order valence-corrected chi connectivity index (χ2v) is 17.8. The zero-order valence-corrected chi connectivity index (χ0v) is 35.8. The molecule has 8 aromatic carbocycles. The van der Waals surface area contributed by atoms with E-state index in [9.17, 15) is 0 Å². The van der Waals surface area contributed by atoms with Crippen LogP contribution in [0.4, 0.5) is 0 Å². The summed E-state index contributed by atoms with van der Waals surface area (Å²) in [6, 6.07) is 56.1. The third-order valence-corrected chi connectivity index (χ3v) is 14.0. The van der Waals surface area contributed by atoms with Crippen LogP contribution in [0, 0.1) is 0 Å². The smallest absolute Gasteiger partial charge is 0.248 e. The monoisotopic (exact) mass is 886 g/mol. The Labute approximate surface area is 384 Å². The van der Waals surface area contributed by atoms with Crippen molar-refractivity contribution in [2.45, 2.75) is 16.1 Å². The molecule has 0 saturated carbocycles. The lowest BCUT2D eigenvalue weighted by atomic mass is 9.82. The van der Waals surface area contributed by atoms with Gasteiger partial charge >= 0.3 is 0 Å². The Hall–Kier alpha value is -8.81. The molecule has 4 aromatic heterocycles. The molecule has 2 aliphatic rings. The van der Waals surface area contributed by atoms with Gasteiger partial charge in [0, 0.05) is 54.8 Å². The van der Waals surface area contributed by atoms with Gasteiger partial charge in [0.25, 0.3) is 0 Å². The van der Waals surface area contributed by atoms with E-state index >= 15 is 0 Å². The molecule has 12 aromatic rings. The van der Waals surface area contributed by atoms with Crippen LogP contribution >= 0.6 is 11.8 Å². The zero-order chi connectivity index (χ0) is 44.1. The van der Waals surface area contributed by atoms with Crippen molar-refractivity contribution in [1.29, 1.82) is 0 Å². The maximum absolute atomic E-state index is 6.61. The number of fused-ring (bicyclic) bond motifs is 2. The molecule has 0 amide bonds. The van der Waals surface area contributed by atoms with Crippen LogP contribution in [0.3, 0.4) is 0 Å². The first-order valence-corrected chi connectivity index (χ1v) is 22.4. The molecule has 0 fully saturated rings. The average molecular weight is 887 g/mol. The van der Waals surface area contributed by atoms with Gasteiger partial charge < -0.3 is 17.7 Å². The summed E-state index contributed by atoms with van der Waals surface area (Å²) in [5.74, 6) is 3.42. The normalized spacial score (nSPS) is 14.8. The van der Waals surface area contributed by atoms with Gasteiger partial charge in [0.1, 0.15) is 0 Å². The van der Waals surface area contributed by atoms with E-state index in [0.29, 0.717) is 53.5 Å². The quantitative estimate of drug-likeness (QED) is 0.142. The van der Waals surface area contributed by atoms with Crippen LogP contribution in [0.25, 0.3) is 113 Å². The fourth-order valence-corrected chi connectivity index (χ4v) is 11.4. The van der Waals surface area contributed by atoms with Crippen molar-refractivity contribution in [3.05, 3.63) is 187 Å². The van der Waals surface area contributed by atoms with Gasteiger partial charge in [-0.05, 0) is 124 Å². The summed E-state index contributed by atoms with van der Waals surface area (Å²) >= 11 is 1.77. The van der Waals surface area contributed by atoms with Crippen molar-refractivity contribution < 1.29 is 17.7 Å². The zero-order valence-electron chi connectivity index (χ0n) is 35.0. The number of hydrogen-bond donors (Lipinski definition) is 0. The average Bonchev–Trinajstić information content (AvgIpc) is 4.27. The third-order valence-electron chi connectivity index (χ3n) is 12.5. The SMILES string of the molecule is c1ccc(-c2nnc(-c3cc4c5c(c(-c6nnc(-c7ccccc7)o6)ccc5c3)[C@@]3(C4)Sc4cc(-c5nnc(-c6ccccc6)o5)cc5ccc(-c6nnc(-c7ccccc7)o6)c3c45)o2)cc1. The number of hydrogen-bond acceptors (Lipinski definition) is 13. The van der Waals surface area contributed by atoms with E-state index in [-0.39, 0.29) is 0 Å². The van der Waals surface area contributed by atoms with E-state index in [1.54, 1.807) is 11.8 Å². The van der Waals surface area contributed by atoms with E-state index in [1.165, 1.54) is 0 Å². The molecule has 1 spiro atoms. The maximum atomic E-state index is 6.61. The predicted octanol–water partition coefficient (Wildman–Crippen LogP) is 12.8. The van der Waals surface area contributed by atoms with Crippen LogP contribution in [0.15, 0.2) is 192 Å². The van der Waals surface area contributed by atoms with Crippen LogP contribution in [0.2, 0.25) is 0 Å². The number of aromatic nitrogens is 8. The molecule has 1 aliphatic carbocycles. The Morgan fingerprint density at radius 1 is 0.343 bits per heavy atom. The molecule has 1 atom stereocenters. The summed E-state index contributed by atoms with van der Waals surface area (Å²) in [7, 11) is 0. The highest BCUT2D eigenvalue weighted by Gasteiger charge is 2.51. The van der Waals surface area contributed by atoms with Crippen molar-refractivity contribution >= 4 is 33.3 Å². The molecule has 13 heteroatoms. The molecule has 0 radical (unpaired) electrons. The van der Waals surface area contributed by atoms with Crippen molar-refractivity contribution in [2.75, 3.05) is 0 Å². The summed E-state index contributed by atoms with van der Waals surface area (Å²) in [5, 5.41) is 40.7. The summed E-state index contributed by atoms with van der Waals surface area (Å²) in [4.78, 5) is 1.03. The molecular formula is C54H30N8O4S. The first-order chi connectivity index (χ1) is 33.1. The maximum Gasteiger partial charge on any atom is 0.248 e. The molecule has 0 saturated heterocycles. The Bertz CT molecular complexity index is 3630. The van der Waals surface area contributed by atoms with Gasteiger partial charge in [-0.1, -0.05) is 84.9 Å². The van der Waals surface area contributed by atoms with E-state index in [2.05, 4.69) is 79.1 Å². The summed E-state index contributed by atoms with van der Waals surface area (Å²) in [5.41, 5.74) is 9.78. The Morgan fingerprint density at radius 2 is 0.701 bits per heavy atom. The summed E-state index contributed by atoms with van der Waals surface area (Å²) in [6.45, 7) is 0. The molecule has 67 heavy (non-hydrogen) atoms. The van der Waals surface area contributed by atoms with Crippen LogP contribution in [0.1, 0.15) is 16.7 Å². The first-order valence-electron chi connectivity index (χ1n) is 21.6. The lowest BCUT2D eigenvalue weighted by Crippen LogP contribution is -2.22. The standard InChI is InChI=1S/C54H30N8O4S/c1-5-13-30(14-6-1)46-55-59-50(63-46)36-25-34-21-23-39(52-61-57-48(65-52)32-17-9-3-10-18-32)44-42(34)38(27-36)29-54(44)45-40(53-62-58-49(66-53)33-19-11-4-12-20-33)24-22-35-26-37(28-41(67-54)43(35)45)51-60-56-47(64-51)31-15-7-2-8-16-31/h1-28H,29H2/t54-/m1/s1. The van der Waals surface area contributed by atoms with Gasteiger partial charge in [0.05, 0.1) is 4.75 Å². The van der Waals surface area contributed by atoms with E-state index in [4.69, 9.17) is 27.9 Å². The summed E-state index contributed by atoms with van der Waals surface area (Å²) < 4.78 is 25.2. The first kappa shape index (κ1) is 37.6. The van der Waals surface area contributed by atoms with Crippen molar-refractivity contribution in [2.24, 2.45) is 0 Å². The second-order valence-electron chi connectivity index (χ2n) is 16.5. The van der Waals surface area contributed by atoms with Crippen molar-refractivity contribution in [3.8, 4) is 91.6 Å². The molecule has 14 rings (SSSR count). The van der Waals surface area contributed by atoms with Gasteiger partial charge in [0.15, 0.2) is 0 Å². The predicted molar refractivity (Wildman–Crippen MR) is 253 cm³/mol. The fraction of sp³-hybridized carbons (Fsp3) is 0.0370. The molecule has 5 heterocycles. The van der Waals surface area contributed by atoms with E-state index in [0.717, 1.165) is 87.6 Å². The van der Waals surface area contributed by atoms with E-state index < -0.39 is 4.75 Å². The Kier molecular flexibility index (Phi) is 8.19. The molecule has 0 N–H and O–H groups in total. The lowest BCUT2D eigenvalue weighted by molar-refractivity contribution is 0.581. The largest absolute Gasteiger partial charge is 0.416 e. The number of thioether (sulfide) groups is 1. The molecule has 12 nitrogen and oxygen atoms in total. The van der Waals surface area contributed by atoms with Crippen molar-refractivity contribution in [1.82, 2.24) is 40.8 Å². The van der Waals surface area contributed by atoms with Gasteiger partial charge in [-0.3, -0.25) is 0 Å². The molecule has 316 valence electrons. The number of benzene rings is 8.